The molecule has 2 heterocycles. The molecule has 0 spiro atoms. The molecule has 1 N–H and O–H groups in total. The Morgan fingerprint density at radius 1 is 1.22 bits per heavy atom. The number of nitrogens with zero attached hydrogens (tertiary/aromatic N) is 1. The van der Waals surface area contributed by atoms with Gasteiger partial charge in [0.25, 0.3) is 0 Å². The second kappa shape index (κ2) is 4.59. The van der Waals surface area contributed by atoms with E-state index >= 15 is 0 Å². The number of hydrogen-bond acceptors (Lipinski definition) is 3. The summed E-state index contributed by atoms with van der Waals surface area (Å²) in [6, 6.07) is 7.00. The summed E-state index contributed by atoms with van der Waals surface area (Å²) in [5.74, 6) is 0.482. The molecule has 98 valence electrons. The van der Waals surface area contributed by atoms with E-state index in [0.717, 1.165) is 24.0 Å². The molecule has 2 fully saturated rings. The van der Waals surface area contributed by atoms with Gasteiger partial charge >= 0.3 is 0 Å². The Morgan fingerprint density at radius 2 is 1.94 bits per heavy atom. The number of fused-ring (bicyclic) bond motifs is 1. The van der Waals surface area contributed by atoms with Gasteiger partial charge in [0.1, 0.15) is 0 Å². The van der Waals surface area contributed by atoms with E-state index in [2.05, 4.69) is 21.2 Å². The van der Waals surface area contributed by atoms with Crippen LogP contribution in [0.3, 0.4) is 0 Å². The van der Waals surface area contributed by atoms with Crippen molar-refractivity contribution in [3.8, 4) is 0 Å². The van der Waals surface area contributed by atoms with Crippen LogP contribution in [0.4, 0.5) is 0 Å². The lowest BCUT2D eigenvalue weighted by Gasteiger charge is -2.22. The zero-order chi connectivity index (χ0) is 12.8. The van der Waals surface area contributed by atoms with Crippen LogP contribution in [0.25, 0.3) is 0 Å². The number of sulfonamides is 1. The lowest BCUT2D eigenvalue weighted by atomic mass is 10.1. The third-order valence-electron chi connectivity index (χ3n) is 3.81. The van der Waals surface area contributed by atoms with E-state index in [1.54, 1.807) is 28.6 Å². The second-order valence-electron chi connectivity index (χ2n) is 4.84. The van der Waals surface area contributed by atoms with Gasteiger partial charge in [-0.3, -0.25) is 0 Å². The standard InChI is InChI=1S/C12H15BrN2O2S/c13-10-1-3-11(4-2-10)18(16,17)15-6-5-9-7-14-8-12(9)15/h1-4,9,12,14H,5-8H2/t9-,12+/m0/s1. The van der Waals surface area contributed by atoms with Gasteiger partial charge in [0.2, 0.25) is 10.0 Å². The van der Waals surface area contributed by atoms with Crippen molar-refractivity contribution in [2.24, 2.45) is 5.92 Å². The molecule has 2 saturated heterocycles. The van der Waals surface area contributed by atoms with E-state index in [4.69, 9.17) is 0 Å². The van der Waals surface area contributed by atoms with Crippen LogP contribution in [-0.2, 0) is 10.0 Å². The number of nitrogens with one attached hydrogen (secondary N) is 1. The summed E-state index contributed by atoms with van der Waals surface area (Å²) >= 11 is 3.32. The first-order chi connectivity index (χ1) is 8.59. The minimum absolute atomic E-state index is 0.138. The maximum Gasteiger partial charge on any atom is 0.243 e. The predicted octanol–water partition coefficient (Wildman–Crippen LogP) is 1.43. The molecule has 2 atom stereocenters. The Bertz CT molecular complexity index is 544. The van der Waals surface area contributed by atoms with Crippen molar-refractivity contribution in [1.29, 1.82) is 0 Å². The molecule has 2 aliphatic rings. The first-order valence-corrected chi connectivity index (χ1v) is 8.30. The number of benzene rings is 1. The van der Waals surface area contributed by atoms with Crippen LogP contribution in [0.5, 0.6) is 0 Å². The van der Waals surface area contributed by atoms with Crippen molar-refractivity contribution >= 4 is 26.0 Å². The van der Waals surface area contributed by atoms with Crippen LogP contribution in [0.15, 0.2) is 33.6 Å². The fraction of sp³-hybridized carbons (Fsp3) is 0.500. The summed E-state index contributed by atoms with van der Waals surface area (Å²) in [7, 11) is -3.34. The molecular weight excluding hydrogens is 316 g/mol. The normalized spacial score (nSPS) is 28.5. The van der Waals surface area contributed by atoms with E-state index in [1.807, 2.05) is 0 Å². The van der Waals surface area contributed by atoms with Gasteiger partial charge < -0.3 is 5.32 Å². The molecule has 0 radical (unpaired) electrons. The topological polar surface area (TPSA) is 49.4 Å². The number of halogens is 1. The first-order valence-electron chi connectivity index (χ1n) is 6.07. The lowest BCUT2D eigenvalue weighted by molar-refractivity contribution is 0.383. The Balaban J connectivity index is 1.93. The fourth-order valence-electron chi connectivity index (χ4n) is 2.85. The Hall–Kier alpha value is -0.430. The predicted molar refractivity (Wildman–Crippen MR) is 72.8 cm³/mol. The van der Waals surface area contributed by atoms with Crippen molar-refractivity contribution in [3.05, 3.63) is 28.7 Å². The van der Waals surface area contributed by atoms with E-state index in [1.165, 1.54) is 0 Å². The molecule has 0 bridgehead atoms. The third-order valence-corrected chi connectivity index (χ3v) is 6.28. The summed E-state index contributed by atoms with van der Waals surface area (Å²) in [6.07, 6.45) is 0.966. The van der Waals surface area contributed by atoms with Crippen molar-refractivity contribution in [3.63, 3.8) is 0 Å². The molecule has 18 heavy (non-hydrogen) atoms. The molecular formula is C12H15BrN2O2S. The summed E-state index contributed by atoms with van der Waals surface area (Å²) in [5.41, 5.74) is 0. The summed E-state index contributed by atoms with van der Waals surface area (Å²) in [4.78, 5) is 0.387. The zero-order valence-electron chi connectivity index (χ0n) is 9.84. The van der Waals surface area contributed by atoms with Crippen LogP contribution < -0.4 is 5.32 Å². The average molecular weight is 331 g/mol. The number of hydrogen-bond donors (Lipinski definition) is 1. The largest absolute Gasteiger partial charge is 0.315 e. The van der Waals surface area contributed by atoms with Crippen molar-refractivity contribution < 1.29 is 8.42 Å². The monoisotopic (exact) mass is 330 g/mol. The number of rotatable bonds is 2. The Labute approximate surface area is 116 Å². The van der Waals surface area contributed by atoms with E-state index < -0.39 is 10.0 Å². The van der Waals surface area contributed by atoms with Gasteiger partial charge in [-0.2, -0.15) is 4.31 Å². The maximum absolute atomic E-state index is 12.6. The van der Waals surface area contributed by atoms with Crippen molar-refractivity contribution in [1.82, 2.24) is 9.62 Å². The van der Waals surface area contributed by atoms with E-state index in [9.17, 15) is 8.42 Å². The van der Waals surface area contributed by atoms with Crippen LogP contribution >= 0.6 is 15.9 Å². The molecule has 2 aliphatic heterocycles. The van der Waals surface area contributed by atoms with Crippen molar-refractivity contribution in [2.75, 3.05) is 19.6 Å². The summed E-state index contributed by atoms with van der Waals surface area (Å²) in [5, 5.41) is 3.27. The molecule has 4 nitrogen and oxygen atoms in total. The Kier molecular flexibility index (Phi) is 3.21. The van der Waals surface area contributed by atoms with Crippen molar-refractivity contribution in [2.45, 2.75) is 17.4 Å². The molecule has 0 unspecified atom stereocenters. The summed E-state index contributed by atoms with van der Waals surface area (Å²) < 4.78 is 27.7. The van der Waals surface area contributed by atoms with Crippen LogP contribution in [-0.4, -0.2) is 38.4 Å². The van der Waals surface area contributed by atoms with Gasteiger partial charge in [-0.05, 0) is 43.1 Å². The van der Waals surface area contributed by atoms with Gasteiger partial charge in [-0.1, -0.05) is 15.9 Å². The minimum atomic E-state index is -3.34. The van der Waals surface area contributed by atoms with E-state index in [-0.39, 0.29) is 6.04 Å². The highest BCUT2D eigenvalue weighted by Gasteiger charge is 2.43. The highest BCUT2D eigenvalue weighted by atomic mass is 79.9. The first kappa shape index (κ1) is 12.6. The van der Waals surface area contributed by atoms with Gasteiger partial charge in [0.05, 0.1) is 4.90 Å². The second-order valence-corrected chi connectivity index (χ2v) is 7.65. The third kappa shape index (κ3) is 2.01. The zero-order valence-corrected chi connectivity index (χ0v) is 12.2. The molecule has 0 aliphatic carbocycles. The molecule has 6 heteroatoms. The van der Waals surface area contributed by atoms with Gasteiger partial charge in [-0.15, -0.1) is 0 Å². The highest BCUT2D eigenvalue weighted by molar-refractivity contribution is 9.10. The van der Waals surface area contributed by atoms with Crippen LogP contribution in [0.1, 0.15) is 6.42 Å². The maximum atomic E-state index is 12.6. The summed E-state index contributed by atoms with van der Waals surface area (Å²) in [6.45, 7) is 2.37. The lowest BCUT2D eigenvalue weighted by Crippen LogP contribution is -2.38. The van der Waals surface area contributed by atoms with Gasteiger partial charge in [0, 0.05) is 23.6 Å². The van der Waals surface area contributed by atoms with Crippen LogP contribution in [0.2, 0.25) is 0 Å². The fourth-order valence-corrected chi connectivity index (χ4v) is 4.81. The average Bonchev–Trinajstić information content (AvgIpc) is 2.90. The minimum Gasteiger partial charge on any atom is -0.315 e. The van der Waals surface area contributed by atoms with E-state index in [0.29, 0.717) is 17.4 Å². The van der Waals surface area contributed by atoms with Gasteiger partial charge in [0.15, 0.2) is 0 Å². The highest BCUT2D eigenvalue weighted by Crippen LogP contribution is 2.32. The SMILES string of the molecule is O=S(=O)(c1ccc(Br)cc1)N1CC[C@H]2CNC[C@H]21. The molecule has 3 rings (SSSR count). The molecule has 0 saturated carbocycles. The quantitative estimate of drug-likeness (QED) is 0.892. The molecule has 0 amide bonds. The smallest absolute Gasteiger partial charge is 0.243 e. The van der Waals surface area contributed by atoms with Gasteiger partial charge in [-0.25, -0.2) is 8.42 Å². The Morgan fingerprint density at radius 3 is 2.67 bits per heavy atom. The molecule has 1 aromatic carbocycles. The van der Waals surface area contributed by atoms with Crippen LogP contribution in [0, 0.1) is 5.92 Å². The molecule has 0 aromatic heterocycles. The molecule has 1 aromatic rings.